The Labute approximate surface area is 164 Å². The van der Waals surface area contributed by atoms with Crippen molar-refractivity contribution < 1.29 is 14.6 Å². The van der Waals surface area contributed by atoms with E-state index in [1.807, 2.05) is 0 Å². The average Bonchev–Trinajstić information content (AvgIpc) is 2.66. The molecule has 1 saturated carbocycles. The summed E-state index contributed by atoms with van der Waals surface area (Å²) in [5.41, 5.74) is 1.61. The zero-order chi connectivity index (χ0) is 18.6. The van der Waals surface area contributed by atoms with Gasteiger partial charge in [-0.05, 0) is 99.3 Å². The second-order valence-corrected chi connectivity index (χ2v) is 7.92. The molecule has 0 saturated heterocycles. The van der Waals surface area contributed by atoms with Crippen LogP contribution in [0.1, 0.15) is 78.3 Å². The van der Waals surface area contributed by atoms with E-state index in [0.29, 0.717) is 0 Å². The van der Waals surface area contributed by atoms with Crippen molar-refractivity contribution in [3.63, 3.8) is 0 Å². The highest BCUT2D eigenvalue weighted by Gasteiger charge is 2.31. The van der Waals surface area contributed by atoms with Crippen LogP contribution < -0.4 is 0 Å². The summed E-state index contributed by atoms with van der Waals surface area (Å²) in [4.78, 5) is 0. The Bertz CT molecular complexity index is 635. The summed E-state index contributed by atoms with van der Waals surface area (Å²) in [7, 11) is 0. The molecule has 0 aromatic heterocycles. The Morgan fingerprint density at radius 2 is 1.67 bits per heavy atom. The Morgan fingerprint density at radius 1 is 1.00 bits per heavy atom. The van der Waals surface area contributed by atoms with Crippen LogP contribution in [0.2, 0.25) is 0 Å². The molecule has 152 valence electrons. The van der Waals surface area contributed by atoms with Crippen LogP contribution in [-0.4, -0.2) is 0 Å². The second-order valence-electron chi connectivity index (χ2n) is 7.92. The van der Waals surface area contributed by atoms with Gasteiger partial charge >= 0.3 is 6.18 Å². The Morgan fingerprint density at radius 3 is 2.19 bits per heavy atom. The maximum Gasteiger partial charge on any atom is 0.416 e. The summed E-state index contributed by atoms with van der Waals surface area (Å²) in [6.45, 7) is 2.09. The monoisotopic (exact) mass is 380 g/mol. The lowest BCUT2D eigenvalue weighted by atomic mass is 9.70. The maximum atomic E-state index is 12.7. The Kier molecular flexibility index (Phi) is 7.76. The molecule has 27 heavy (non-hydrogen) atoms. The molecule has 1 aromatic carbocycles. The van der Waals surface area contributed by atoms with Gasteiger partial charge in [0.2, 0.25) is 0 Å². The maximum absolute atomic E-state index is 12.7. The standard InChI is InChI=1S/C23H29F3.CH4.H2/c1-2-3-4-17-5-7-18(8-6-17)19-9-11-20(12-10-19)21-13-15-22(16-14-21)23(24,25)26;;/h2-3,11,13-19H,4-10,12H2,1H3;1H4;1H/b3-2+;;. The fraction of sp³-hybridized carbons (Fsp3) is 0.583. The van der Waals surface area contributed by atoms with E-state index in [0.717, 1.165) is 36.2 Å². The highest BCUT2D eigenvalue weighted by Crippen LogP contribution is 2.42. The average molecular weight is 381 g/mol. The van der Waals surface area contributed by atoms with Crippen LogP contribution in [0.25, 0.3) is 5.57 Å². The van der Waals surface area contributed by atoms with Crippen molar-refractivity contribution in [2.24, 2.45) is 17.8 Å². The molecular formula is C24H35F3. The molecule has 0 radical (unpaired) electrons. The number of halogens is 3. The van der Waals surface area contributed by atoms with Crippen molar-refractivity contribution in [1.29, 1.82) is 0 Å². The van der Waals surface area contributed by atoms with E-state index in [4.69, 9.17) is 0 Å². The van der Waals surface area contributed by atoms with E-state index in [-0.39, 0.29) is 8.85 Å². The van der Waals surface area contributed by atoms with Gasteiger partial charge in [0.1, 0.15) is 0 Å². The van der Waals surface area contributed by atoms with Crippen LogP contribution in [0.4, 0.5) is 13.2 Å². The first-order valence-corrected chi connectivity index (χ1v) is 9.95. The highest BCUT2D eigenvalue weighted by molar-refractivity contribution is 5.66. The molecule has 0 amide bonds. The van der Waals surface area contributed by atoms with Gasteiger partial charge in [-0.3, -0.25) is 0 Å². The predicted octanol–water partition coefficient (Wildman–Crippen LogP) is 8.54. The third-order valence-electron chi connectivity index (χ3n) is 6.30. The van der Waals surface area contributed by atoms with Gasteiger partial charge in [0.25, 0.3) is 0 Å². The first kappa shape index (κ1) is 21.8. The predicted molar refractivity (Wildman–Crippen MR) is 110 cm³/mol. The molecular weight excluding hydrogens is 345 g/mol. The van der Waals surface area contributed by atoms with Crippen LogP contribution in [0, 0.1) is 17.8 Å². The third-order valence-corrected chi connectivity index (χ3v) is 6.30. The molecule has 2 aliphatic rings. The minimum absolute atomic E-state index is 0. The van der Waals surface area contributed by atoms with Crippen molar-refractivity contribution in [2.75, 3.05) is 0 Å². The Balaban J connectivity index is 0.00000196. The molecule has 0 aliphatic heterocycles. The SMILES string of the molecule is C.C/C=C/CC1CCC(C2CC=C(c3ccc(C(F)(F)F)cc3)CC2)CC1.[HH]. The van der Waals surface area contributed by atoms with Gasteiger partial charge in [0.15, 0.2) is 0 Å². The number of hydrogen-bond acceptors (Lipinski definition) is 0. The second kappa shape index (κ2) is 9.61. The molecule has 3 heteroatoms. The lowest BCUT2D eigenvalue weighted by Gasteiger charge is -2.35. The minimum Gasteiger partial charge on any atom is -0.166 e. The van der Waals surface area contributed by atoms with E-state index in [9.17, 15) is 13.2 Å². The number of alkyl halides is 3. The number of hydrogen-bond donors (Lipinski definition) is 0. The fourth-order valence-electron chi connectivity index (χ4n) is 4.64. The molecule has 1 fully saturated rings. The lowest BCUT2D eigenvalue weighted by Crippen LogP contribution is -2.23. The van der Waals surface area contributed by atoms with Crippen LogP contribution in [0.3, 0.4) is 0 Å². The van der Waals surface area contributed by atoms with E-state index in [1.54, 1.807) is 12.1 Å². The normalized spacial score (nSPS) is 26.5. The van der Waals surface area contributed by atoms with Gasteiger partial charge < -0.3 is 0 Å². The minimum atomic E-state index is -4.25. The molecule has 2 aliphatic carbocycles. The van der Waals surface area contributed by atoms with Crippen molar-refractivity contribution in [1.82, 2.24) is 0 Å². The summed E-state index contributed by atoms with van der Waals surface area (Å²) in [5.74, 6) is 2.46. The van der Waals surface area contributed by atoms with Crippen molar-refractivity contribution in [3.8, 4) is 0 Å². The summed E-state index contributed by atoms with van der Waals surface area (Å²) in [6.07, 6.45) is 12.3. The van der Waals surface area contributed by atoms with Gasteiger partial charge in [0, 0.05) is 1.43 Å². The van der Waals surface area contributed by atoms with Crippen LogP contribution in [0.15, 0.2) is 42.5 Å². The van der Waals surface area contributed by atoms with Gasteiger partial charge in [-0.2, -0.15) is 13.2 Å². The Hall–Kier alpha value is -1.51. The highest BCUT2D eigenvalue weighted by atomic mass is 19.4. The zero-order valence-electron chi connectivity index (χ0n) is 15.6. The quantitative estimate of drug-likeness (QED) is 0.459. The molecule has 0 heterocycles. The summed E-state index contributed by atoms with van der Waals surface area (Å²) in [6, 6.07) is 5.66. The summed E-state index contributed by atoms with van der Waals surface area (Å²) >= 11 is 0. The van der Waals surface area contributed by atoms with Crippen LogP contribution in [-0.2, 0) is 6.18 Å². The smallest absolute Gasteiger partial charge is 0.166 e. The summed E-state index contributed by atoms with van der Waals surface area (Å²) < 4.78 is 38.1. The lowest BCUT2D eigenvalue weighted by molar-refractivity contribution is -0.137. The third kappa shape index (κ3) is 5.73. The number of allylic oxidation sites excluding steroid dienone is 4. The van der Waals surface area contributed by atoms with Crippen molar-refractivity contribution in [3.05, 3.63) is 53.6 Å². The first-order chi connectivity index (χ1) is 12.5. The van der Waals surface area contributed by atoms with Gasteiger partial charge in [-0.1, -0.05) is 37.8 Å². The van der Waals surface area contributed by atoms with Crippen LogP contribution in [0.5, 0.6) is 0 Å². The van der Waals surface area contributed by atoms with Crippen LogP contribution >= 0.6 is 0 Å². The fourth-order valence-corrected chi connectivity index (χ4v) is 4.64. The van der Waals surface area contributed by atoms with Crippen molar-refractivity contribution >= 4 is 5.57 Å². The molecule has 1 atom stereocenters. The molecule has 0 bridgehead atoms. The molecule has 0 N–H and O–H groups in total. The zero-order valence-corrected chi connectivity index (χ0v) is 15.6. The summed E-state index contributed by atoms with van der Waals surface area (Å²) in [5, 5.41) is 0. The van der Waals surface area contributed by atoms with E-state index in [1.165, 1.54) is 56.2 Å². The largest absolute Gasteiger partial charge is 0.416 e. The molecule has 0 spiro atoms. The van der Waals surface area contributed by atoms with Gasteiger partial charge in [-0.15, -0.1) is 0 Å². The van der Waals surface area contributed by atoms with Crippen molar-refractivity contribution in [2.45, 2.75) is 71.9 Å². The molecule has 0 nitrogen and oxygen atoms in total. The molecule has 1 aromatic rings. The van der Waals surface area contributed by atoms with E-state index >= 15 is 0 Å². The molecule has 1 unspecified atom stereocenters. The van der Waals surface area contributed by atoms with Gasteiger partial charge in [0.05, 0.1) is 5.56 Å². The molecule has 3 rings (SSSR count). The van der Waals surface area contributed by atoms with E-state index in [2.05, 4.69) is 25.2 Å². The van der Waals surface area contributed by atoms with E-state index < -0.39 is 11.7 Å². The topological polar surface area (TPSA) is 0 Å². The number of benzene rings is 1. The van der Waals surface area contributed by atoms with Gasteiger partial charge in [-0.25, -0.2) is 0 Å². The number of rotatable bonds is 4. The first-order valence-electron chi connectivity index (χ1n) is 9.95.